The average Bonchev–Trinajstić information content (AvgIpc) is 3.91. The summed E-state index contributed by atoms with van der Waals surface area (Å²) in [4.78, 5) is 34.5. The Morgan fingerprint density at radius 2 is 1.77 bits per heavy atom. The fourth-order valence-corrected chi connectivity index (χ4v) is 8.73. The van der Waals surface area contributed by atoms with Gasteiger partial charge in [0.05, 0.1) is 27.6 Å². The quantitative estimate of drug-likeness (QED) is 0.0802. The van der Waals surface area contributed by atoms with Gasteiger partial charge >= 0.3 is 0 Å². The number of pyridine rings is 1. The first kappa shape index (κ1) is 37.9. The molecule has 13 nitrogen and oxygen atoms in total. The number of amides is 1. The maximum Gasteiger partial charge on any atom is 0.293 e. The van der Waals surface area contributed by atoms with E-state index in [4.69, 9.17) is 21.1 Å². The summed E-state index contributed by atoms with van der Waals surface area (Å²) in [5, 5.41) is 16.6. The minimum atomic E-state index is -4.56. The summed E-state index contributed by atoms with van der Waals surface area (Å²) in [6.45, 7) is 2.62. The minimum Gasteiger partial charge on any atom is -0.455 e. The summed E-state index contributed by atoms with van der Waals surface area (Å²) in [6.07, 6.45) is 6.91. The van der Waals surface area contributed by atoms with E-state index in [0.29, 0.717) is 31.2 Å². The number of hydrogen-bond acceptors (Lipinski definition) is 10. The van der Waals surface area contributed by atoms with Gasteiger partial charge in [-0.3, -0.25) is 14.9 Å². The number of ether oxygens (including phenoxy) is 2. The molecule has 4 heterocycles. The van der Waals surface area contributed by atoms with E-state index in [1.807, 2.05) is 48.5 Å². The monoisotopic (exact) mass is 806 g/mol. The lowest BCUT2D eigenvalue weighted by Crippen LogP contribution is -2.31. The van der Waals surface area contributed by atoms with Crippen LogP contribution in [0, 0.1) is 16.0 Å². The molecule has 0 radical (unpaired) electrons. The molecule has 2 aromatic heterocycles. The lowest BCUT2D eigenvalue weighted by Gasteiger charge is -2.28. The molecule has 57 heavy (non-hydrogen) atoms. The molecule has 2 saturated heterocycles. The average molecular weight is 807 g/mol. The smallest absolute Gasteiger partial charge is 0.293 e. The molecule has 0 spiro atoms. The third-order valence-corrected chi connectivity index (χ3v) is 12.2. The van der Waals surface area contributed by atoms with Crippen molar-refractivity contribution >= 4 is 55.6 Å². The summed E-state index contributed by atoms with van der Waals surface area (Å²) in [7, 11) is -4.56. The Balaban J connectivity index is 1.06. The van der Waals surface area contributed by atoms with Gasteiger partial charge in [0.1, 0.15) is 22.8 Å². The van der Waals surface area contributed by atoms with Crippen LogP contribution < -0.4 is 19.7 Å². The zero-order chi connectivity index (χ0) is 39.5. The molecule has 3 N–H and O–H groups in total. The molecule has 2 aliphatic rings. The lowest BCUT2D eigenvalue weighted by atomic mass is 10.0. The molecule has 2 fully saturated rings. The van der Waals surface area contributed by atoms with Crippen molar-refractivity contribution in [2.75, 3.05) is 36.5 Å². The van der Waals surface area contributed by atoms with Crippen LogP contribution in [0.25, 0.3) is 22.2 Å². The van der Waals surface area contributed by atoms with E-state index < -0.39 is 31.4 Å². The van der Waals surface area contributed by atoms with Crippen molar-refractivity contribution in [3.05, 3.63) is 136 Å². The van der Waals surface area contributed by atoms with Crippen LogP contribution in [0.3, 0.4) is 0 Å². The number of aromatic amines is 1. The van der Waals surface area contributed by atoms with E-state index in [0.717, 1.165) is 71.1 Å². The van der Waals surface area contributed by atoms with Gasteiger partial charge in [0.2, 0.25) is 0 Å². The largest absolute Gasteiger partial charge is 0.455 e. The maximum absolute atomic E-state index is 13.8. The van der Waals surface area contributed by atoms with Crippen molar-refractivity contribution in [1.29, 1.82) is 0 Å². The van der Waals surface area contributed by atoms with Gasteiger partial charge in [-0.1, -0.05) is 48.0 Å². The number of fused-ring (bicyclic) bond motifs is 1. The molecule has 15 heteroatoms. The number of sulfonamides is 1. The Hall–Kier alpha value is -5.96. The van der Waals surface area contributed by atoms with Crippen LogP contribution >= 0.6 is 11.6 Å². The van der Waals surface area contributed by atoms with Crippen molar-refractivity contribution in [2.45, 2.75) is 36.6 Å². The predicted octanol–water partition coefficient (Wildman–Crippen LogP) is 8.88. The van der Waals surface area contributed by atoms with Crippen LogP contribution in [-0.2, 0) is 14.8 Å². The maximum atomic E-state index is 13.8. The molecule has 292 valence electrons. The van der Waals surface area contributed by atoms with E-state index in [1.165, 1.54) is 24.4 Å². The Labute approximate surface area is 334 Å². The number of aromatic nitrogens is 2. The second-order valence-electron chi connectivity index (χ2n) is 14.1. The zero-order valence-corrected chi connectivity index (χ0v) is 32.3. The fraction of sp³-hybridized carbons (Fsp3) is 0.238. The van der Waals surface area contributed by atoms with E-state index in [2.05, 4.69) is 31.0 Å². The number of H-pyrrole nitrogens is 1. The van der Waals surface area contributed by atoms with Gasteiger partial charge in [0, 0.05) is 54.7 Å². The number of halogens is 1. The number of rotatable bonds is 12. The molecule has 0 saturated carbocycles. The first-order valence-corrected chi connectivity index (χ1v) is 20.5. The number of nitrogens with zero attached hydrogens (tertiary/aromatic N) is 3. The number of nitro groups is 1. The van der Waals surface area contributed by atoms with Gasteiger partial charge in [-0.25, -0.2) is 18.1 Å². The molecule has 1 amide bonds. The van der Waals surface area contributed by atoms with Gasteiger partial charge in [-0.15, -0.1) is 0 Å². The highest BCUT2D eigenvalue weighted by molar-refractivity contribution is 7.90. The molecule has 2 aliphatic heterocycles. The molecule has 1 atom stereocenters. The summed E-state index contributed by atoms with van der Waals surface area (Å²) in [5.41, 5.74) is 4.04. The topological polar surface area (TPSA) is 169 Å². The van der Waals surface area contributed by atoms with Gasteiger partial charge in [-0.2, -0.15) is 0 Å². The van der Waals surface area contributed by atoms with Crippen molar-refractivity contribution < 1.29 is 27.6 Å². The van der Waals surface area contributed by atoms with Crippen molar-refractivity contribution in [3.8, 4) is 22.6 Å². The Morgan fingerprint density at radius 3 is 2.56 bits per heavy atom. The number of nitro benzene ring substituents is 1. The molecule has 8 rings (SSSR count). The van der Waals surface area contributed by atoms with Gasteiger partial charge in [0.15, 0.2) is 0 Å². The first-order valence-electron chi connectivity index (χ1n) is 18.7. The van der Waals surface area contributed by atoms with Gasteiger partial charge in [-0.05, 0) is 103 Å². The number of nitrogens with one attached hydrogen (secondary N) is 3. The second kappa shape index (κ2) is 16.3. The Kier molecular flexibility index (Phi) is 10.8. The zero-order valence-electron chi connectivity index (χ0n) is 30.7. The van der Waals surface area contributed by atoms with Crippen LogP contribution in [0.2, 0.25) is 5.02 Å². The van der Waals surface area contributed by atoms with E-state index in [-0.39, 0.29) is 29.0 Å². The van der Waals surface area contributed by atoms with Crippen molar-refractivity contribution in [1.82, 2.24) is 14.7 Å². The molecule has 0 unspecified atom stereocenters. The van der Waals surface area contributed by atoms with Gasteiger partial charge < -0.3 is 24.7 Å². The third-order valence-electron chi connectivity index (χ3n) is 10.5. The molecule has 6 aromatic rings. The number of carbonyl (C=O) groups excluding carboxylic acids is 1. The second-order valence-corrected chi connectivity index (χ2v) is 16.2. The van der Waals surface area contributed by atoms with Crippen LogP contribution in [0.4, 0.5) is 17.1 Å². The van der Waals surface area contributed by atoms with Crippen LogP contribution in [0.15, 0.2) is 114 Å². The summed E-state index contributed by atoms with van der Waals surface area (Å²) in [6, 6.07) is 28.1. The molecule has 4 aromatic carbocycles. The number of benzene rings is 4. The highest BCUT2D eigenvalue weighted by Gasteiger charge is 2.29. The minimum absolute atomic E-state index is 0.0722. The van der Waals surface area contributed by atoms with E-state index >= 15 is 0 Å². The van der Waals surface area contributed by atoms with Crippen LogP contribution in [-0.4, -0.2) is 55.5 Å². The molecule has 0 aliphatic carbocycles. The Morgan fingerprint density at radius 1 is 0.982 bits per heavy atom. The molecular formula is C42H39ClN6O7S. The van der Waals surface area contributed by atoms with Crippen molar-refractivity contribution in [3.63, 3.8) is 0 Å². The van der Waals surface area contributed by atoms with Crippen molar-refractivity contribution in [2.24, 2.45) is 5.92 Å². The normalized spacial score (nSPS) is 16.1. The van der Waals surface area contributed by atoms with Crippen LogP contribution in [0.1, 0.15) is 47.6 Å². The fourth-order valence-electron chi connectivity index (χ4n) is 7.49. The summed E-state index contributed by atoms with van der Waals surface area (Å²) < 4.78 is 40.9. The lowest BCUT2D eigenvalue weighted by molar-refractivity contribution is -0.384. The predicted molar refractivity (Wildman–Crippen MR) is 219 cm³/mol. The highest BCUT2D eigenvalue weighted by atomic mass is 35.5. The van der Waals surface area contributed by atoms with E-state index in [1.54, 1.807) is 24.4 Å². The first-order chi connectivity index (χ1) is 27.6. The summed E-state index contributed by atoms with van der Waals surface area (Å²) in [5.74, 6) is -0.304. The number of hydrogen-bond donors (Lipinski definition) is 3. The third kappa shape index (κ3) is 8.29. The number of anilines is 2. The van der Waals surface area contributed by atoms with Crippen LogP contribution in [0.5, 0.6) is 11.5 Å². The highest BCUT2D eigenvalue weighted by Crippen LogP contribution is 2.40. The Bertz CT molecular complexity index is 2560. The van der Waals surface area contributed by atoms with E-state index in [9.17, 15) is 23.3 Å². The molecular weight excluding hydrogens is 768 g/mol. The SMILES string of the molecule is O=C(NS(=O)(=O)c1ccc(NCC2CCOCC2)c([N+](=O)[O-])c1)c1ccc(-c2ccc(N3CCC[C@H]3c3ccccc3Cl)cc2)cc1Oc1cnc2[nH]ccc2c1. The number of carbonyl (C=O) groups is 1. The summed E-state index contributed by atoms with van der Waals surface area (Å²) >= 11 is 6.58. The van der Waals surface area contributed by atoms with Gasteiger partial charge in [0.25, 0.3) is 21.6 Å². The standard InChI is InChI=1S/C42H39ClN6O7S/c43-36-5-2-1-4-34(36)38-6-3-19-48(38)31-10-7-28(8-11-31)29-9-13-35(40(23-29)56-32-22-30-15-18-44-41(30)46-26-32)42(50)47-57(53,54)33-12-14-37(39(24-33)49(51)52)45-25-27-16-20-55-21-17-27/h1-2,4-5,7-15,18,22-24,26-27,38,45H,3,6,16-17,19-21,25H2,(H,44,46)(H,47,50)/t38-/m0/s1. The molecule has 0 bridgehead atoms.